The predicted molar refractivity (Wildman–Crippen MR) is 128 cm³/mol. The van der Waals surface area contributed by atoms with Gasteiger partial charge < -0.3 is 14.8 Å². The Morgan fingerprint density at radius 3 is 2.53 bits per heavy atom. The second-order valence-corrected chi connectivity index (χ2v) is 9.96. The van der Waals surface area contributed by atoms with Crippen molar-refractivity contribution in [2.45, 2.75) is 57.5 Å². The summed E-state index contributed by atoms with van der Waals surface area (Å²) >= 11 is 0. The molecule has 2 aromatic rings. The highest BCUT2D eigenvalue weighted by atomic mass is 16.2. The monoisotopic (exact) mass is 462 g/mol. The van der Waals surface area contributed by atoms with Gasteiger partial charge >= 0.3 is 6.03 Å². The van der Waals surface area contributed by atoms with E-state index in [2.05, 4.69) is 19.2 Å². The van der Waals surface area contributed by atoms with Gasteiger partial charge in [-0.2, -0.15) is 0 Å². The molecule has 2 bridgehead atoms. The number of aromatic nitrogens is 1. The largest absolute Gasteiger partial charge is 0.342 e. The van der Waals surface area contributed by atoms with Crippen LogP contribution in [0.25, 0.3) is 0 Å². The van der Waals surface area contributed by atoms with Gasteiger partial charge in [0.1, 0.15) is 6.04 Å². The fourth-order valence-electron chi connectivity index (χ4n) is 5.51. The minimum absolute atomic E-state index is 0.0109. The minimum Gasteiger partial charge on any atom is -0.342 e. The Bertz CT molecular complexity index is 1190. The normalized spacial score (nSPS) is 23.8. The molecule has 0 aliphatic carbocycles. The van der Waals surface area contributed by atoms with Crippen molar-refractivity contribution in [3.63, 3.8) is 0 Å². The third-order valence-electron chi connectivity index (χ3n) is 7.32. The number of hydrogen-bond donors (Lipinski definition) is 1. The summed E-state index contributed by atoms with van der Waals surface area (Å²) in [4.78, 5) is 53.7. The lowest BCUT2D eigenvalue weighted by atomic mass is 9.83. The molecular weight excluding hydrogens is 432 g/mol. The lowest BCUT2D eigenvalue weighted by molar-refractivity contribution is -0.134. The first-order valence-corrected chi connectivity index (χ1v) is 12.0. The molecule has 178 valence electrons. The lowest BCUT2D eigenvalue weighted by Crippen LogP contribution is -2.49. The van der Waals surface area contributed by atoms with Gasteiger partial charge in [0.05, 0.1) is 5.69 Å². The molecule has 1 N–H and O–H groups in total. The van der Waals surface area contributed by atoms with Crippen molar-refractivity contribution < 1.29 is 14.4 Å². The zero-order valence-electron chi connectivity index (χ0n) is 19.6. The van der Waals surface area contributed by atoms with Crippen molar-refractivity contribution >= 4 is 23.5 Å². The van der Waals surface area contributed by atoms with Crippen LogP contribution < -0.4 is 15.8 Å². The summed E-state index contributed by atoms with van der Waals surface area (Å²) in [5, 5.41) is 2.74. The van der Waals surface area contributed by atoms with Crippen LogP contribution in [0.3, 0.4) is 0 Å². The molecule has 2 saturated heterocycles. The van der Waals surface area contributed by atoms with Gasteiger partial charge in [0.2, 0.25) is 5.91 Å². The number of rotatable bonds is 5. The molecule has 4 amide bonds. The maximum absolute atomic E-state index is 13.0. The number of amides is 4. The first-order chi connectivity index (χ1) is 16.3. The first kappa shape index (κ1) is 22.4. The number of anilines is 1. The van der Waals surface area contributed by atoms with Gasteiger partial charge in [-0.15, -0.1) is 0 Å². The number of piperidine rings is 1. The highest BCUT2D eigenvalue weighted by Crippen LogP contribution is 2.35. The third-order valence-corrected chi connectivity index (χ3v) is 7.32. The molecule has 3 aliphatic heterocycles. The van der Waals surface area contributed by atoms with Crippen molar-refractivity contribution in [3.8, 4) is 0 Å². The summed E-state index contributed by atoms with van der Waals surface area (Å²) in [5.41, 5.74) is 2.69. The number of hydrogen-bond acceptors (Lipinski definition) is 4. The zero-order chi connectivity index (χ0) is 24.0. The van der Waals surface area contributed by atoms with Crippen LogP contribution in [0.2, 0.25) is 0 Å². The maximum Gasteiger partial charge on any atom is 0.329 e. The Labute approximate surface area is 198 Å². The van der Waals surface area contributed by atoms with E-state index in [0.717, 1.165) is 17.7 Å². The molecule has 0 unspecified atom stereocenters. The highest BCUT2D eigenvalue weighted by molar-refractivity contribution is 6.21. The van der Waals surface area contributed by atoms with Crippen LogP contribution in [-0.4, -0.2) is 46.4 Å². The Morgan fingerprint density at radius 1 is 1.03 bits per heavy atom. The summed E-state index contributed by atoms with van der Waals surface area (Å²) in [6.07, 6.45) is 1.44. The summed E-state index contributed by atoms with van der Waals surface area (Å²) in [6.45, 7) is 6.01. The topological polar surface area (TPSA) is 91.7 Å². The van der Waals surface area contributed by atoms with Gasteiger partial charge in [-0.3, -0.25) is 14.4 Å². The van der Waals surface area contributed by atoms with Crippen molar-refractivity contribution in [3.05, 3.63) is 64.1 Å². The second kappa shape index (κ2) is 8.74. The number of nitrogens with zero attached hydrogens (tertiary/aromatic N) is 3. The molecule has 4 heterocycles. The van der Waals surface area contributed by atoms with Gasteiger partial charge in [0.15, 0.2) is 0 Å². The van der Waals surface area contributed by atoms with E-state index in [4.69, 9.17) is 0 Å². The molecule has 8 heteroatoms. The van der Waals surface area contributed by atoms with Gasteiger partial charge in [-0.05, 0) is 48.4 Å². The van der Waals surface area contributed by atoms with Crippen molar-refractivity contribution in [2.75, 3.05) is 18.0 Å². The minimum atomic E-state index is -0.704. The second-order valence-electron chi connectivity index (χ2n) is 9.96. The van der Waals surface area contributed by atoms with E-state index in [1.807, 2.05) is 27.7 Å². The quantitative estimate of drug-likeness (QED) is 0.692. The number of urea groups is 1. The predicted octanol–water partition coefficient (Wildman–Crippen LogP) is 2.82. The molecule has 8 nitrogen and oxygen atoms in total. The van der Waals surface area contributed by atoms with E-state index >= 15 is 0 Å². The van der Waals surface area contributed by atoms with Crippen molar-refractivity contribution in [1.29, 1.82) is 0 Å². The summed E-state index contributed by atoms with van der Waals surface area (Å²) in [6, 6.07) is 11.6. The van der Waals surface area contributed by atoms with Crippen LogP contribution in [-0.2, 0) is 16.1 Å². The van der Waals surface area contributed by atoms with Crippen LogP contribution >= 0.6 is 0 Å². The molecule has 1 aromatic carbocycles. The van der Waals surface area contributed by atoms with Crippen LogP contribution in [0.15, 0.2) is 47.3 Å². The molecule has 3 atom stereocenters. The number of fused-ring (bicyclic) bond motifs is 4. The van der Waals surface area contributed by atoms with E-state index < -0.39 is 12.1 Å². The lowest BCUT2D eigenvalue weighted by Gasteiger charge is -2.42. The molecule has 0 spiro atoms. The van der Waals surface area contributed by atoms with E-state index in [-0.39, 0.29) is 42.1 Å². The van der Waals surface area contributed by atoms with Crippen LogP contribution in [0.4, 0.5) is 10.5 Å². The average molecular weight is 463 g/mol. The highest BCUT2D eigenvalue weighted by Gasteiger charge is 2.40. The molecular formula is C26H30N4O4. The molecule has 0 radical (unpaired) electrons. The molecule has 34 heavy (non-hydrogen) atoms. The Morgan fingerprint density at radius 2 is 1.79 bits per heavy atom. The smallest absolute Gasteiger partial charge is 0.329 e. The van der Waals surface area contributed by atoms with Gasteiger partial charge in [-0.25, -0.2) is 9.69 Å². The Balaban J connectivity index is 1.21. The number of benzene rings is 1. The van der Waals surface area contributed by atoms with E-state index in [9.17, 15) is 19.2 Å². The van der Waals surface area contributed by atoms with Crippen LogP contribution in [0.1, 0.15) is 56.2 Å². The average Bonchev–Trinajstić information content (AvgIpc) is 3.11. The molecule has 5 rings (SSSR count). The Kier molecular flexibility index (Phi) is 5.75. The number of pyridine rings is 1. The van der Waals surface area contributed by atoms with Crippen molar-refractivity contribution in [2.24, 2.45) is 5.92 Å². The van der Waals surface area contributed by atoms with Gasteiger partial charge in [0, 0.05) is 43.7 Å². The molecule has 3 aliphatic rings. The standard InChI is InChI=1S/C26H30N4O4/c1-16(2)18-6-8-20(9-7-18)30-25(33)21(27-26(30)34)10-11-23(31)28-13-17-12-19(15-28)22-4-3-5-24(32)29(22)14-17/h3-9,16-17,19,21H,10-15H2,1-2H3,(H,27,34)/t17-,19+,21-/m0/s1. The zero-order valence-corrected chi connectivity index (χ0v) is 19.6. The number of imide groups is 1. The third kappa shape index (κ3) is 4.02. The fourth-order valence-corrected chi connectivity index (χ4v) is 5.51. The van der Waals surface area contributed by atoms with Crippen LogP contribution in [0, 0.1) is 5.92 Å². The summed E-state index contributed by atoms with van der Waals surface area (Å²) < 4.78 is 1.84. The number of carbonyl (C=O) groups is 3. The van der Waals surface area contributed by atoms with E-state index in [1.165, 1.54) is 4.90 Å². The summed E-state index contributed by atoms with van der Waals surface area (Å²) in [5.74, 6) is 0.441. The SMILES string of the molecule is CC(C)c1ccc(N2C(=O)N[C@@H](CCC(=O)N3C[C@@H]4C[C@H](C3)c3cccc(=O)n3C4)C2=O)cc1. The van der Waals surface area contributed by atoms with E-state index in [0.29, 0.717) is 31.2 Å². The van der Waals surface area contributed by atoms with Crippen molar-refractivity contribution in [1.82, 2.24) is 14.8 Å². The van der Waals surface area contributed by atoms with Crippen LogP contribution in [0.5, 0.6) is 0 Å². The molecule has 2 fully saturated rings. The molecule has 1 aromatic heterocycles. The number of carbonyl (C=O) groups excluding carboxylic acids is 3. The number of nitrogens with one attached hydrogen (secondary N) is 1. The Hall–Kier alpha value is -3.42. The van der Waals surface area contributed by atoms with E-state index in [1.54, 1.807) is 24.3 Å². The summed E-state index contributed by atoms with van der Waals surface area (Å²) in [7, 11) is 0. The molecule has 0 saturated carbocycles. The maximum atomic E-state index is 13.0. The first-order valence-electron chi connectivity index (χ1n) is 12.0. The van der Waals surface area contributed by atoms with Gasteiger partial charge in [0.25, 0.3) is 11.5 Å². The van der Waals surface area contributed by atoms with Gasteiger partial charge in [-0.1, -0.05) is 32.0 Å². The number of likely N-dealkylation sites (tertiary alicyclic amines) is 1. The fraction of sp³-hybridized carbons (Fsp3) is 0.462.